The van der Waals surface area contributed by atoms with Crippen molar-refractivity contribution in [1.29, 1.82) is 5.53 Å². The molecule has 1 N–H and O–H groups in total. The quantitative estimate of drug-likeness (QED) is 0.0825. The van der Waals surface area contributed by atoms with Crippen LogP contribution in [0.2, 0.25) is 0 Å². The lowest BCUT2D eigenvalue weighted by Gasteiger charge is -2.22. The van der Waals surface area contributed by atoms with Crippen LogP contribution in [0, 0.1) is 11.4 Å². The van der Waals surface area contributed by atoms with Gasteiger partial charge in [-0.2, -0.15) is 10.2 Å². The Morgan fingerprint density at radius 3 is 2.45 bits per heavy atom. The van der Waals surface area contributed by atoms with Gasteiger partial charge in [0.25, 0.3) is 0 Å². The van der Waals surface area contributed by atoms with Gasteiger partial charge in [0.2, 0.25) is 0 Å². The molecule has 0 amide bonds. The molecule has 1 heterocycles. The molecular formula is C30H46N4O3S. The molecule has 0 aliphatic carbocycles. The second-order valence-electron chi connectivity index (χ2n) is 10.0. The van der Waals surface area contributed by atoms with Crippen molar-refractivity contribution >= 4 is 29.1 Å². The van der Waals surface area contributed by atoms with Crippen LogP contribution in [0.5, 0.6) is 5.75 Å². The minimum Gasteiger partial charge on any atom is -0.491 e. The summed E-state index contributed by atoms with van der Waals surface area (Å²) in [4.78, 5) is 8.95. The third-order valence-electron chi connectivity index (χ3n) is 7.13. The van der Waals surface area contributed by atoms with Crippen LogP contribution in [0.25, 0.3) is 0 Å². The van der Waals surface area contributed by atoms with Crippen molar-refractivity contribution in [3.8, 4) is 5.75 Å². The largest absolute Gasteiger partial charge is 0.491 e. The van der Waals surface area contributed by atoms with E-state index in [-0.39, 0.29) is 0 Å². The number of hydrogen-bond donors (Lipinski definition) is 1. The summed E-state index contributed by atoms with van der Waals surface area (Å²) in [5.41, 5.74) is 11.7. The Balaban J connectivity index is 1.63. The Bertz CT molecular complexity index is 982. The van der Waals surface area contributed by atoms with E-state index in [9.17, 15) is 0 Å². The Kier molecular flexibility index (Phi) is 13.4. The lowest BCUT2D eigenvalue weighted by atomic mass is 10.0. The molecule has 38 heavy (non-hydrogen) atoms. The predicted molar refractivity (Wildman–Crippen MR) is 157 cm³/mol. The van der Waals surface area contributed by atoms with E-state index < -0.39 is 0 Å². The second-order valence-corrected chi connectivity index (χ2v) is 10.8. The standard InChI is InChI=1S/C30H46N4O3S/c1-5-9-12-24(8-4)23-35-30-22-26(13-15-28(30)32-31)34-20-17-25-21-27(14-16-29(25)34)38-37-36-33(18-10-6-2)19-11-7-3/h13-16,21-22,24,31H,5-12,17-20,23H2,1-4H3. The third kappa shape index (κ3) is 8.97. The van der Waals surface area contributed by atoms with E-state index in [4.69, 9.17) is 19.6 Å². The number of benzene rings is 2. The summed E-state index contributed by atoms with van der Waals surface area (Å²) < 4.78 is 11.8. The van der Waals surface area contributed by atoms with E-state index >= 15 is 0 Å². The molecule has 0 spiro atoms. The Labute approximate surface area is 233 Å². The van der Waals surface area contributed by atoms with Crippen molar-refractivity contribution < 1.29 is 14.1 Å². The zero-order valence-electron chi connectivity index (χ0n) is 23.7. The molecule has 1 aliphatic heterocycles. The molecule has 0 radical (unpaired) electrons. The fraction of sp³-hybridized carbons (Fsp3) is 0.600. The molecule has 0 fully saturated rings. The summed E-state index contributed by atoms with van der Waals surface area (Å²) in [7, 11) is 0. The maximum absolute atomic E-state index is 7.60. The van der Waals surface area contributed by atoms with Crippen molar-refractivity contribution in [2.24, 2.45) is 11.0 Å². The normalized spacial score (nSPS) is 13.7. The lowest BCUT2D eigenvalue weighted by molar-refractivity contribution is -0.360. The first kappa shape index (κ1) is 30.4. The zero-order chi connectivity index (χ0) is 27.2. The van der Waals surface area contributed by atoms with E-state index in [2.05, 4.69) is 55.9 Å². The highest BCUT2D eigenvalue weighted by Gasteiger charge is 2.22. The fourth-order valence-corrected chi connectivity index (χ4v) is 5.14. The van der Waals surface area contributed by atoms with Crippen LogP contribution in [0.15, 0.2) is 46.4 Å². The highest BCUT2D eigenvalue weighted by molar-refractivity contribution is 7.94. The molecule has 210 valence electrons. The summed E-state index contributed by atoms with van der Waals surface area (Å²) in [6, 6.07) is 12.4. The van der Waals surface area contributed by atoms with Crippen LogP contribution >= 0.6 is 12.0 Å². The number of nitrogens with zero attached hydrogens (tertiary/aromatic N) is 3. The van der Waals surface area contributed by atoms with Gasteiger partial charge in [0.15, 0.2) is 0 Å². The number of nitrogens with one attached hydrogen (secondary N) is 1. The monoisotopic (exact) mass is 542 g/mol. The molecule has 0 bridgehead atoms. The van der Waals surface area contributed by atoms with E-state index in [1.165, 1.54) is 42.6 Å². The van der Waals surface area contributed by atoms with Gasteiger partial charge in [0.05, 0.1) is 18.6 Å². The molecule has 2 aromatic rings. The number of fused-ring (bicyclic) bond motifs is 1. The summed E-state index contributed by atoms with van der Waals surface area (Å²) in [5, 5.41) is 5.63. The van der Waals surface area contributed by atoms with Gasteiger partial charge < -0.3 is 9.64 Å². The van der Waals surface area contributed by atoms with Gasteiger partial charge in [-0.3, -0.25) is 0 Å². The number of rotatable bonds is 19. The number of anilines is 2. The third-order valence-corrected chi connectivity index (χ3v) is 7.70. The maximum Gasteiger partial charge on any atom is 0.148 e. The average Bonchev–Trinajstić information content (AvgIpc) is 3.37. The lowest BCUT2D eigenvalue weighted by Crippen LogP contribution is -2.25. The van der Waals surface area contributed by atoms with Crippen molar-refractivity contribution in [2.75, 3.05) is 31.1 Å². The highest BCUT2D eigenvalue weighted by atomic mass is 32.2. The number of unbranched alkanes of at least 4 members (excludes halogenated alkanes) is 3. The van der Waals surface area contributed by atoms with Crippen LogP contribution in [0.4, 0.5) is 17.1 Å². The van der Waals surface area contributed by atoms with Gasteiger partial charge in [-0.25, -0.2) is 5.53 Å². The molecule has 0 saturated heterocycles. The van der Waals surface area contributed by atoms with Gasteiger partial charge in [-0.05, 0) is 67.5 Å². The van der Waals surface area contributed by atoms with Gasteiger partial charge in [-0.15, -0.1) is 9.32 Å². The summed E-state index contributed by atoms with van der Waals surface area (Å²) in [6.45, 7) is 12.1. The fourth-order valence-electron chi connectivity index (χ4n) is 4.64. The molecule has 7 nitrogen and oxygen atoms in total. The first-order valence-electron chi connectivity index (χ1n) is 14.4. The van der Waals surface area contributed by atoms with E-state index in [0.29, 0.717) is 24.0 Å². The summed E-state index contributed by atoms with van der Waals surface area (Å²) >= 11 is 1.27. The van der Waals surface area contributed by atoms with Crippen LogP contribution in [-0.2, 0) is 15.7 Å². The average molecular weight is 543 g/mol. The first-order chi connectivity index (χ1) is 18.6. The predicted octanol–water partition coefficient (Wildman–Crippen LogP) is 9.41. The Hall–Kier alpha value is -2.13. The minimum atomic E-state index is 0.525. The molecule has 0 saturated carbocycles. The van der Waals surface area contributed by atoms with E-state index in [0.717, 1.165) is 68.7 Å². The van der Waals surface area contributed by atoms with E-state index in [1.807, 2.05) is 23.3 Å². The van der Waals surface area contributed by atoms with Crippen molar-refractivity contribution in [1.82, 2.24) is 5.06 Å². The summed E-state index contributed by atoms with van der Waals surface area (Å²) in [6.07, 6.45) is 10.1. The number of hydrogen-bond acceptors (Lipinski definition) is 8. The number of ether oxygens (including phenoxy) is 1. The maximum atomic E-state index is 7.60. The second kappa shape index (κ2) is 16.7. The van der Waals surface area contributed by atoms with Gasteiger partial charge in [-0.1, -0.05) is 59.8 Å². The number of hydroxylamine groups is 2. The molecule has 2 aromatic carbocycles. The van der Waals surface area contributed by atoms with Gasteiger partial charge in [0, 0.05) is 42.0 Å². The molecular weight excluding hydrogens is 496 g/mol. The van der Waals surface area contributed by atoms with Crippen LogP contribution in [0.1, 0.15) is 84.6 Å². The first-order valence-corrected chi connectivity index (χ1v) is 15.2. The van der Waals surface area contributed by atoms with Gasteiger partial charge >= 0.3 is 0 Å². The molecule has 3 rings (SSSR count). The van der Waals surface area contributed by atoms with Crippen LogP contribution in [0.3, 0.4) is 0 Å². The summed E-state index contributed by atoms with van der Waals surface area (Å²) in [5.74, 6) is 1.21. The Morgan fingerprint density at radius 2 is 1.76 bits per heavy atom. The molecule has 8 heteroatoms. The smallest absolute Gasteiger partial charge is 0.148 e. The van der Waals surface area contributed by atoms with Crippen molar-refractivity contribution in [3.05, 3.63) is 42.0 Å². The minimum absolute atomic E-state index is 0.525. The van der Waals surface area contributed by atoms with Gasteiger partial charge in [0.1, 0.15) is 11.4 Å². The topological polar surface area (TPSA) is 70.4 Å². The molecule has 1 aliphatic rings. The Morgan fingerprint density at radius 1 is 1.00 bits per heavy atom. The molecule has 1 unspecified atom stereocenters. The zero-order valence-corrected chi connectivity index (χ0v) is 24.5. The molecule has 1 atom stereocenters. The highest BCUT2D eigenvalue weighted by Crippen LogP contribution is 2.40. The van der Waals surface area contributed by atoms with Crippen molar-refractivity contribution in [3.63, 3.8) is 0 Å². The van der Waals surface area contributed by atoms with E-state index in [1.54, 1.807) is 0 Å². The van der Waals surface area contributed by atoms with Crippen LogP contribution < -0.4 is 9.64 Å². The van der Waals surface area contributed by atoms with Crippen LogP contribution in [-0.4, -0.2) is 31.3 Å². The molecule has 0 aromatic heterocycles. The SMILES string of the molecule is CCCCC(CC)COc1cc(N2CCc3cc(SOON(CCCC)CCCC)ccc32)ccc1N=N. The van der Waals surface area contributed by atoms with Crippen molar-refractivity contribution in [2.45, 2.75) is 90.4 Å².